The van der Waals surface area contributed by atoms with Gasteiger partial charge in [-0.3, -0.25) is 4.79 Å². The molecular weight excluding hydrogens is 318 g/mol. The van der Waals surface area contributed by atoms with Gasteiger partial charge in [-0.2, -0.15) is 0 Å². The van der Waals surface area contributed by atoms with E-state index < -0.39 is 0 Å². The predicted octanol–water partition coefficient (Wildman–Crippen LogP) is 3.15. The van der Waals surface area contributed by atoms with Crippen molar-refractivity contribution < 1.29 is 4.79 Å². The fourth-order valence-corrected chi connectivity index (χ4v) is 2.50. The normalized spacial score (nSPS) is 10.6. The van der Waals surface area contributed by atoms with E-state index in [1.165, 1.54) is 0 Å². The molecule has 0 bridgehead atoms. The van der Waals surface area contributed by atoms with Crippen LogP contribution < -0.4 is 10.6 Å². The predicted molar refractivity (Wildman–Crippen MR) is 84.9 cm³/mol. The highest BCUT2D eigenvalue weighted by atomic mass is 79.9. The second-order valence-electron chi connectivity index (χ2n) is 4.59. The molecule has 0 aliphatic carbocycles. The maximum Gasteiger partial charge on any atom is 0.272 e. The van der Waals surface area contributed by atoms with E-state index in [4.69, 9.17) is 0 Å². The Morgan fingerprint density at radius 3 is 2.80 bits per heavy atom. The lowest BCUT2D eigenvalue weighted by Crippen LogP contribution is -2.16. The Bertz CT molecular complexity index is 607. The summed E-state index contributed by atoms with van der Waals surface area (Å²) in [5, 5.41) is 6.19. The van der Waals surface area contributed by atoms with Crippen molar-refractivity contribution in [1.29, 1.82) is 0 Å². The standard InChI is InChI=1S/C15H18BrN3O/c1-3-17-9-11-5-4-6-13(7-11)18-15(20)14-8-12(16)10-19(14)2/h4-8,10,17H,3,9H2,1-2H3,(H,18,20). The van der Waals surface area contributed by atoms with Gasteiger partial charge in [-0.1, -0.05) is 19.1 Å². The topological polar surface area (TPSA) is 46.1 Å². The number of nitrogens with zero attached hydrogens (tertiary/aromatic N) is 1. The van der Waals surface area contributed by atoms with Crippen LogP contribution in [0.3, 0.4) is 0 Å². The average Bonchev–Trinajstić information content (AvgIpc) is 2.76. The van der Waals surface area contributed by atoms with Crippen LogP contribution in [0.1, 0.15) is 23.0 Å². The number of rotatable bonds is 5. The molecule has 0 atom stereocenters. The van der Waals surface area contributed by atoms with E-state index >= 15 is 0 Å². The molecule has 0 spiro atoms. The van der Waals surface area contributed by atoms with Crippen LogP contribution in [0.5, 0.6) is 0 Å². The molecule has 0 saturated carbocycles. The minimum absolute atomic E-state index is 0.112. The van der Waals surface area contributed by atoms with Crippen LogP contribution in [0.4, 0.5) is 5.69 Å². The molecule has 0 fully saturated rings. The number of aryl methyl sites for hydroxylation is 1. The van der Waals surface area contributed by atoms with E-state index in [9.17, 15) is 4.79 Å². The molecule has 1 amide bonds. The summed E-state index contributed by atoms with van der Waals surface area (Å²) >= 11 is 3.37. The van der Waals surface area contributed by atoms with Crippen molar-refractivity contribution in [1.82, 2.24) is 9.88 Å². The molecule has 2 rings (SSSR count). The number of aromatic nitrogens is 1. The van der Waals surface area contributed by atoms with Crippen LogP contribution in [0.25, 0.3) is 0 Å². The molecule has 0 unspecified atom stereocenters. The van der Waals surface area contributed by atoms with Gasteiger partial charge in [0.1, 0.15) is 5.69 Å². The minimum Gasteiger partial charge on any atom is -0.345 e. The maximum absolute atomic E-state index is 12.2. The minimum atomic E-state index is -0.112. The van der Waals surface area contributed by atoms with Crippen LogP contribution in [-0.4, -0.2) is 17.0 Å². The molecule has 2 aromatic rings. The van der Waals surface area contributed by atoms with Gasteiger partial charge in [-0.05, 0) is 46.2 Å². The third kappa shape index (κ3) is 3.71. The first kappa shape index (κ1) is 14.8. The van der Waals surface area contributed by atoms with Crippen LogP contribution in [0.2, 0.25) is 0 Å². The number of amides is 1. The van der Waals surface area contributed by atoms with Gasteiger partial charge < -0.3 is 15.2 Å². The summed E-state index contributed by atoms with van der Waals surface area (Å²) in [6.45, 7) is 3.79. The summed E-state index contributed by atoms with van der Waals surface area (Å²) < 4.78 is 2.69. The molecule has 5 heteroatoms. The van der Waals surface area contributed by atoms with E-state index in [1.807, 2.05) is 37.5 Å². The first-order valence-electron chi connectivity index (χ1n) is 6.53. The zero-order valence-electron chi connectivity index (χ0n) is 11.6. The van der Waals surface area contributed by atoms with Crippen LogP contribution in [0, 0.1) is 0 Å². The zero-order valence-corrected chi connectivity index (χ0v) is 13.2. The van der Waals surface area contributed by atoms with E-state index in [-0.39, 0.29) is 5.91 Å². The van der Waals surface area contributed by atoms with Gasteiger partial charge in [0.25, 0.3) is 5.91 Å². The zero-order chi connectivity index (χ0) is 14.5. The molecule has 1 heterocycles. The largest absolute Gasteiger partial charge is 0.345 e. The molecule has 1 aromatic carbocycles. The number of hydrogen-bond donors (Lipinski definition) is 2. The molecular formula is C15H18BrN3O. The number of anilines is 1. The van der Waals surface area contributed by atoms with Gasteiger partial charge >= 0.3 is 0 Å². The Labute approximate surface area is 127 Å². The molecule has 4 nitrogen and oxygen atoms in total. The van der Waals surface area contributed by atoms with Gasteiger partial charge in [0, 0.05) is 29.9 Å². The Balaban J connectivity index is 2.09. The fourth-order valence-electron chi connectivity index (χ4n) is 1.97. The summed E-state index contributed by atoms with van der Waals surface area (Å²) in [7, 11) is 1.85. The van der Waals surface area contributed by atoms with Crippen LogP contribution in [0.15, 0.2) is 41.0 Å². The van der Waals surface area contributed by atoms with Crippen LogP contribution >= 0.6 is 15.9 Å². The first-order valence-corrected chi connectivity index (χ1v) is 7.32. The summed E-state index contributed by atoms with van der Waals surface area (Å²) in [6.07, 6.45) is 1.86. The number of nitrogens with one attached hydrogen (secondary N) is 2. The summed E-state index contributed by atoms with van der Waals surface area (Å²) in [5.74, 6) is -0.112. The third-order valence-corrected chi connectivity index (χ3v) is 3.40. The van der Waals surface area contributed by atoms with Crippen molar-refractivity contribution in [2.24, 2.45) is 7.05 Å². The van der Waals surface area contributed by atoms with Gasteiger partial charge in [-0.25, -0.2) is 0 Å². The summed E-state index contributed by atoms with van der Waals surface area (Å²) in [6, 6.07) is 9.67. The molecule has 106 valence electrons. The van der Waals surface area contributed by atoms with Gasteiger partial charge in [0.05, 0.1) is 0 Å². The summed E-state index contributed by atoms with van der Waals surface area (Å²) in [4.78, 5) is 12.2. The van der Waals surface area contributed by atoms with Crippen molar-refractivity contribution >= 4 is 27.5 Å². The lowest BCUT2D eigenvalue weighted by molar-refractivity contribution is 0.101. The average molecular weight is 336 g/mol. The van der Waals surface area contributed by atoms with Crippen LogP contribution in [-0.2, 0) is 13.6 Å². The Kier molecular flexibility index (Phi) is 4.98. The molecule has 0 saturated heterocycles. The Hall–Kier alpha value is -1.59. The Morgan fingerprint density at radius 2 is 2.15 bits per heavy atom. The smallest absolute Gasteiger partial charge is 0.272 e. The fraction of sp³-hybridized carbons (Fsp3) is 0.267. The lowest BCUT2D eigenvalue weighted by Gasteiger charge is -2.08. The molecule has 0 aliphatic heterocycles. The lowest BCUT2D eigenvalue weighted by atomic mass is 10.2. The highest BCUT2D eigenvalue weighted by molar-refractivity contribution is 9.10. The molecule has 20 heavy (non-hydrogen) atoms. The van der Waals surface area contributed by atoms with Crippen molar-refractivity contribution in [3.05, 3.63) is 52.3 Å². The second-order valence-corrected chi connectivity index (χ2v) is 5.50. The maximum atomic E-state index is 12.2. The molecule has 2 N–H and O–H groups in total. The van der Waals surface area contributed by atoms with Crippen molar-refractivity contribution in [2.45, 2.75) is 13.5 Å². The SMILES string of the molecule is CCNCc1cccc(NC(=O)c2cc(Br)cn2C)c1. The molecule has 0 radical (unpaired) electrons. The highest BCUT2D eigenvalue weighted by Gasteiger charge is 2.11. The number of hydrogen-bond acceptors (Lipinski definition) is 2. The number of benzene rings is 1. The molecule has 1 aromatic heterocycles. The number of halogens is 1. The monoisotopic (exact) mass is 335 g/mol. The van der Waals surface area contributed by atoms with E-state index in [1.54, 1.807) is 10.6 Å². The van der Waals surface area contributed by atoms with Gasteiger partial charge in [-0.15, -0.1) is 0 Å². The van der Waals surface area contributed by atoms with Crippen molar-refractivity contribution in [2.75, 3.05) is 11.9 Å². The number of carbonyl (C=O) groups excluding carboxylic acids is 1. The first-order chi connectivity index (χ1) is 9.60. The van der Waals surface area contributed by atoms with E-state index in [2.05, 4.69) is 33.5 Å². The molecule has 0 aliphatic rings. The number of carbonyl (C=O) groups is 1. The quantitative estimate of drug-likeness (QED) is 0.881. The van der Waals surface area contributed by atoms with E-state index in [0.29, 0.717) is 5.69 Å². The Morgan fingerprint density at radius 1 is 1.35 bits per heavy atom. The van der Waals surface area contributed by atoms with Gasteiger partial charge in [0.2, 0.25) is 0 Å². The second kappa shape index (κ2) is 6.72. The van der Waals surface area contributed by atoms with Gasteiger partial charge in [0.15, 0.2) is 0 Å². The van der Waals surface area contributed by atoms with Crippen molar-refractivity contribution in [3.63, 3.8) is 0 Å². The van der Waals surface area contributed by atoms with Crippen molar-refractivity contribution in [3.8, 4) is 0 Å². The highest BCUT2D eigenvalue weighted by Crippen LogP contribution is 2.16. The third-order valence-electron chi connectivity index (χ3n) is 2.97. The summed E-state index contributed by atoms with van der Waals surface area (Å²) in [5.41, 5.74) is 2.58. The van der Waals surface area contributed by atoms with E-state index in [0.717, 1.165) is 28.8 Å².